The van der Waals surface area contributed by atoms with E-state index in [1.807, 2.05) is 36.4 Å². The van der Waals surface area contributed by atoms with Crippen molar-refractivity contribution in [3.8, 4) is 11.5 Å². The fourth-order valence-electron chi connectivity index (χ4n) is 3.12. The Kier molecular flexibility index (Phi) is 10.3. The molecule has 0 aromatic heterocycles. The van der Waals surface area contributed by atoms with E-state index in [4.69, 9.17) is 21.1 Å². The van der Waals surface area contributed by atoms with Gasteiger partial charge in [0, 0.05) is 18.1 Å². The Labute approximate surface area is 179 Å². The molecule has 0 unspecified atom stereocenters. The summed E-state index contributed by atoms with van der Waals surface area (Å²) in [6.07, 6.45) is 0.372. The van der Waals surface area contributed by atoms with Gasteiger partial charge in [0.1, 0.15) is 12.7 Å². The number of hydrogen-bond acceptors (Lipinski definition) is 5. The molecular weight excluding hydrogens is 388 g/mol. The standard InChI is InChI=1S/C23H33ClN2O3/c1-4-26(5-2)16-21(27)17-29-23-14-19(9-10-22(23)28-3)15-25-12-11-18-7-6-8-20(24)13-18/h6-10,13-14,21,25,27H,4-5,11-12,15-17H2,1-3H3/t21-/m0/s1. The zero-order valence-electron chi connectivity index (χ0n) is 17.7. The molecule has 0 fully saturated rings. The summed E-state index contributed by atoms with van der Waals surface area (Å²) in [7, 11) is 1.62. The van der Waals surface area contributed by atoms with Gasteiger partial charge in [0.15, 0.2) is 11.5 Å². The molecular formula is C23H33ClN2O3. The van der Waals surface area contributed by atoms with Crippen LogP contribution >= 0.6 is 11.6 Å². The molecule has 0 bridgehead atoms. The maximum Gasteiger partial charge on any atom is 0.161 e. The fraction of sp³-hybridized carbons (Fsp3) is 0.478. The van der Waals surface area contributed by atoms with Crippen LogP contribution in [-0.4, -0.2) is 56.0 Å². The summed E-state index contributed by atoms with van der Waals surface area (Å²) in [5, 5.41) is 14.5. The number of methoxy groups -OCH3 is 1. The summed E-state index contributed by atoms with van der Waals surface area (Å²) in [5.41, 5.74) is 2.32. The van der Waals surface area contributed by atoms with Gasteiger partial charge >= 0.3 is 0 Å². The lowest BCUT2D eigenvalue weighted by atomic mass is 10.1. The molecule has 2 rings (SSSR count). The van der Waals surface area contributed by atoms with Gasteiger partial charge in [-0.05, 0) is 61.4 Å². The number of nitrogens with one attached hydrogen (secondary N) is 1. The van der Waals surface area contributed by atoms with Gasteiger partial charge in [0.25, 0.3) is 0 Å². The second-order valence-corrected chi connectivity index (χ2v) is 7.43. The van der Waals surface area contributed by atoms with Crippen LogP contribution in [0.5, 0.6) is 11.5 Å². The average Bonchev–Trinajstić information content (AvgIpc) is 2.73. The molecule has 5 nitrogen and oxygen atoms in total. The van der Waals surface area contributed by atoms with Gasteiger partial charge in [0.05, 0.1) is 7.11 Å². The lowest BCUT2D eigenvalue weighted by Crippen LogP contribution is -2.35. The molecule has 29 heavy (non-hydrogen) atoms. The van der Waals surface area contributed by atoms with Crippen molar-refractivity contribution >= 4 is 11.6 Å². The van der Waals surface area contributed by atoms with Crippen molar-refractivity contribution in [1.82, 2.24) is 10.2 Å². The molecule has 0 aliphatic heterocycles. The first-order chi connectivity index (χ1) is 14.0. The van der Waals surface area contributed by atoms with Gasteiger partial charge in [-0.1, -0.05) is 43.6 Å². The number of ether oxygens (including phenoxy) is 2. The predicted octanol–water partition coefficient (Wildman–Crippen LogP) is 3.76. The maximum atomic E-state index is 10.2. The largest absolute Gasteiger partial charge is 0.493 e. The van der Waals surface area contributed by atoms with Crippen LogP contribution in [0.1, 0.15) is 25.0 Å². The van der Waals surface area contributed by atoms with E-state index in [9.17, 15) is 5.11 Å². The first kappa shape index (κ1) is 23.5. The highest BCUT2D eigenvalue weighted by Gasteiger charge is 2.12. The first-order valence-corrected chi connectivity index (χ1v) is 10.6. The fourth-order valence-corrected chi connectivity index (χ4v) is 3.33. The van der Waals surface area contributed by atoms with E-state index in [-0.39, 0.29) is 6.61 Å². The molecule has 0 radical (unpaired) electrons. The summed E-state index contributed by atoms with van der Waals surface area (Å²) < 4.78 is 11.3. The third-order valence-electron chi connectivity index (χ3n) is 4.83. The van der Waals surface area contributed by atoms with Crippen LogP contribution in [0.3, 0.4) is 0 Å². The minimum atomic E-state index is -0.543. The van der Waals surface area contributed by atoms with Gasteiger partial charge in [-0.3, -0.25) is 0 Å². The van der Waals surface area contributed by atoms with E-state index in [1.54, 1.807) is 7.11 Å². The Balaban J connectivity index is 1.85. The average molecular weight is 421 g/mol. The van der Waals surface area contributed by atoms with Crippen molar-refractivity contribution in [3.63, 3.8) is 0 Å². The number of aliphatic hydroxyl groups excluding tert-OH is 1. The van der Waals surface area contributed by atoms with Crippen LogP contribution in [0, 0.1) is 0 Å². The molecule has 160 valence electrons. The molecule has 0 saturated heterocycles. The topological polar surface area (TPSA) is 54.0 Å². The van der Waals surface area contributed by atoms with Crippen molar-refractivity contribution < 1.29 is 14.6 Å². The first-order valence-electron chi connectivity index (χ1n) is 10.2. The molecule has 6 heteroatoms. The van der Waals surface area contributed by atoms with Crippen molar-refractivity contribution in [2.24, 2.45) is 0 Å². The minimum absolute atomic E-state index is 0.235. The summed E-state index contributed by atoms with van der Waals surface area (Å²) in [5.74, 6) is 1.32. The smallest absolute Gasteiger partial charge is 0.161 e. The maximum absolute atomic E-state index is 10.2. The number of rotatable bonds is 13. The Morgan fingerprint density at radius 3 is 2.55 bits per heavy atom. The summed E-state index contributed by atoms with van der Waals surface area (Å²) in [4.78, 5) is 2.17. The molecule has 2 aromatic rings. The molecule has 0 saturated carbocycles. The molecule has 0 aliphatic carbocycles. The Morgan fingerprint density at radius 2 is 1.86 bits per heavy atom. The Bertz CT molecular complexity index is 738. The van der Waals surface area contributed by atoms with E-state index in [2.05, 4.69) is 30.1 Å². The van der Waals surface area contributed by atoms with Gasteiger partial charge in [-0.15, -0.1) is 0 Å². The van der Waals surface area contributed by atoms with Crippen LogP contribution in [0.15, 0.2) is 42.5 Å². The monoisotopic (exact) mass is 420 g/mol. The molecule has 0 heterocycles. The molecule has 1 atom stereocenters. The molecule has 0 amide bonds. The van der Waals surface area contributed by atoms with E-state index in [1.165, 1.54) is 5.56 Å². The van der Waals surface area contributed by atoms with E-state index < -0.39 is 6.10 Å². The van der Waals surface area contributed by atoms with Crippen LogP contribution in [0.2, 0.25) is 5.02 Å². The molecule has 2 aromatic carbocycles. The quantitative estimate of drug-likeness (QED) is 0.483. The van der Waals surface area contributed by atoms with Crippen molar-refractivity contribution in [2.75, 3.05) is 39.9 Å². The molecule has 0 aliphatic rings. The van der Waals surface area contributed by atoms with Crippen molar-refractivity contribution in [1.29, 1.82) is 0 Å². The predicted molar refractivity (Wildman–Crippen MR) is 119 cm³/mol. The van der Waals surface area contributed by atoms with E-state index in [0.717, 1.165) is 43.2 Å². The third kappa shape index (κ3) is 8.23. The van der Waals surface area contributed by atoms with Crippen LogP contribution in [0.4, 0.5) is 0 Å². The molecule has 0 spiro atoms. The zero-order chi connectivity index (χ0) is 21.1. The highest BCUT2D eigenvalue weighted by molar-refractivity contribution is 6.30. The zero-order valence-corrected chi connectivity index (χ0v) is 18.4. The summed E-state index contributed by atoms with van der Waals surface area (Å²) in [6, 6.07) is 13.8. The second kappa shape index (κ2) is 12.7. The van der Waals surface area contributed by atoms with Crippen molar-refractivity contribution in [2.45, 2.75) is 32.9 Å². The summed E-state index contributed by atoms with van der Waals surface area (Å²) >= 11 is 6.03. The number of likely N-dealkylation sites (N-methyl/N-ethyl adjacent to an activating group) is 1. The number of benzene rings is 2. The highest BCUT2D eigenvalue weighted by Crippen LogP contribution is 2.28. The van der Waals surface area contributed by atoms with Gasteiger partial charge < -0.3 is 24.8 Å². The van der Waals surface area contributed by atoms with E-state index in [0.29, 0.717) is 18.0 Å². The minimum Gasteiger partial charge on any atom is -0.493 e. The van der Waals surface area contributed by atoms with E-state index >= 15 is 0 Å². The second-order valence-electron chi connectivity index (χ2n) is 6.99. The van der Waals surface area contributed by atoms with Gasteiger partial charge in [0.2, 0.25) is 0 Å². The number of aliphatic hydroxyl groups is 1. The molecule has 2 N–H and O–H groups in total. The van der Waals surface area contributed by atoms with Crippen molar-refractivity contribution in [3.05, 3.63) is 58.6 Å². The number of nitrogens with zero attached hydrogens (tertiary/aromatic N) is 1. The number of hydrogen-bond donors (Lipinski definition) is 2. The SMILES string of the molecule is CCN(CC)C[C@H](O)COc1cc(CNCCc2cccc(Cl)c2)ccc1OC. The van der Waals surface area contributed by atoms with Crippen LogP contribution < -0.4 is 14.8 Å². The lowest BCUT2D eigenvalue weighted by Gasteiger charge is -2.22. The van der Waals surface area contributed by atoms with Gasteiger partial charge in [-0.25, -0.2) is 0 Å². The third-order valence-corrected chi connectivity index (χ3v) is 5.07. The lowest BCUT2D eigenvalue weighted by molar-refractivity contribution is 0.0705. The Morgan fingerprint density at radius 1 is 1.07 bits per heavy atom. The normalized spacial score (nSPS) is 12.2. The van der Waals surface area contributed by atoms with Crippen LogP contribution in [-0.2, 0) is 13.0 Å². The Hall–Kier alpha value is -1.79. The highest BCUT2D eigenvalue weighted by atomic mass is 35.5. The summed E-state index contributed by atoms with van der Waals surface area (Å²) in [6.45, 7) is 8.40. The van der Waals surface area contributed by atoms with Gasteiger partial charge in [-0.2, -0.15) is 0 Å². The number of halogens is 1. The van der Waals surface area contributed by atoms with Crippen LogP contribution in [0.25, 0.3) is 0 Å².